The summed E-state index contributed by atoms with van der Waals surface area (Å²) in [7, 11) is 0. The van der Waals surface area contributed by atoms with E-state index < -0.39 is 5.60 Å². The van der Waals surface area contributed by atoms with Crippen LogP contribution in [0.1, 0.15) is 31.9 Å². The van der Waals surface area contributed by atoms with Crippen LogP contribution in [0.2, 0.25) is 0 Å². The van der Waals surface area contributed by atoms with E-state index >= 15 is 0 Å². The van der Waals surface area contributed by atoms with E-state index in [1.54, 1.807) is 6.21 Å². The van der Waals surface area contributed by atoms with Gasteiger partial charge in [-0.15, -0.1) is 0 Å². The summed E-state index contributed by atoms with van der Waals surface area (Å²) < 4.78 is 0. The summed E-state index contributed by atoms with van der Waals surface area (Å²) in [5.41, 5.74) is 3.18. The lowest BCUT2D eigenvalue weighted by Gasteiger charge is -2.28. The van der Waals surface area contributed by atoms with Crippen LogP contribution in [0.25, 0.3) is 5.57 Å². The molecule has 3 heteroatoms. The first-order valence-corrected chi connectivity index (χ1v) is 6.21. The fourth-order valence-corrected chi connectivity index (χ4v) is 2.24. The van der Waals surface area contributed by atoms with E-state index in [4.69, 9.17) is 0 Å². The Morgan fingerprint density at radius 2 is 2.06 bits per heavy atom. The smallest absolute Gasteiger partial charge is 0.160 e. The van der Waals surface area contributed by atoms with Crippen LogP contribution in [0.5, 0.6) is 0 Å². The second-order valence-corrected chi connectivity index (χ2v) is 5.33. The molecule has 0 aromatic heterocycles. The molecule has 0 bridgehead atoms. The maximum atomic E-state index is 10.5. The number of nitrogens with zero attached hydrogens (tertiary/aromatic N) is 2. The van der Waals surface area contributed by atoms with Crippen molar-refractivity contribution < 1.29 is 5.11 Å². The van der Waals surface area contributed by atoms with Gasteiger partial charge in [0, 0.05) is 17.4 Å². The Kier molecular flexibility index (Phi) is 2.29. The summed E-state index contributed by atoms with van der Waals surface area (Å²) in [4.78, 5) is 8.66. The summed E-state index contributed by atoms with van der Waals surface area (Å²) in [6.07, 6.45) is 3.74. The van der Waals surface area contributed by atoms with Crippen molar-refractivity contribution in [3.8, 4) is 0 Å². The van der Waals surface area contributed by atoms with Gasteiger partial charge in [0.15, 0.2) is 5.84 Å². The van der Waals surface area contributed by atoms with Crippen molar-refractivity contribution in [2.24, 2.45) is 15.9 Å². The number of allylic oxidation sites excluding steroid dienone is 1. The molecule has 18 heavy (non-hydrogen) atoms. The molecule has 0 amide bonds. The fraction of sp³-hybridized carbons (Fsp3) is 0.333. The maximum Gasteiger partial charge on any atom is 0.160 e. The Morgan fingerprint density at radius 1 is 1.28 bits per heavy atom. The number of fused-ring (bicyclic) bond motifs is 3. The van der Waals surface area contributed by atoms with Crippen LogP contribution >= 0.6 is 0 Å². The molecule has 0 radical (unpaired) electrons. The highest BCUT2D eigenvalue weighted by Crippen LogP contribution is 2.40. The van der Waals surface area contributed by atoms with Gasteiger partial charge in [-0.2, -0.15) is 0 Å². The second-order valence-electron chi connectivity index (χ2n) is 5.33. The van der Waals surface area contributed by atoms with Crippen LogP contribution < -0.4 is 0 Å². The number of hydrogen-bond acceptors (Lipinski definition) is 3. The standard InChI is InChI=1S/C15H16N2O/c1-9(2)15(3,18)10-4-5-13-12(8-10)11-6-7-16-14(11)17-13/h4-9,18H,1-3H3. The molecule has 2 aliphatic rings. The Bertz CT molecular complexity index is 607. The molecule has 0 aliphatic carbocycles. The van der Waals surface area contributed by atoms with Gasteiger partial charge < -0.3 is 5.11 Å². The zero-order valence-electron chi connectivity index (χ0n) is 10.8. The van der Waals surface area contributed by atoms with E-state index in [2.05, 4.69) is 9.98 Å². The summed E-state index contributed by atoms with van der Waals surface area (Å²) in [6.45, 7) is 5.90. The van der Waals surface area contributed by atoms with E-state index in [-0.39, 0.29) is 5.92 Å². The fourth-order valence-electron chi connectivity index (χ4n) is 2.24. The molecule has 1 N–H and O–H groups in total. The lowest BCUT2D eigenvalue weighted by molar-refractivity contribution is 0.00905. The lowest BCUT2D eigenvalue weighted by atomic mass is 9.84. The minimum Gasteiger partial charge on any atom is -0.385 e. The molecule has 0 fully saturated rings. The van der Waals surface area contributed by atoms with Gasteiger partial charge in [0.2, 0.25) is 0 Å². The Morgan fingerprint density at radius 3 is 2.78 bits per heavy atom. The van der Waals surface area contributed by atoms with E-state index in [0.717, 1.165) is 28.2 Å². The third kappa shape index (κ3) is 1.47. The molecule has 0 saturated carbocycles. The average molecular weight is 240 g/mol. The van der Waals surface area contributed by atoms with Crippen molar-refractivity contribution in [2.45, 2.75) is 26.4 Å². The molecule has 2 heterocycles. The van der Waals surface area contributed by atoms with Crippen LogP contribution in [0.4, 0.5) is 5.69 Å². The molecule has 1 aromatic carbocycles. The van der Waals surface area contributed by atoms with E-state index in [1.165, 1.54) is 0 Å². The number of rotatable bonds is 2. The SMILES string of the molecule is CC(C)C(C)(O)c1ccc2c(c1)C1=CC=NC1=N2. The zero-order valence-corrected chi connectivity index (χ0v) is 10.8. The second kappa shape index (κ2) is 3.62. The minimum absolute atomic E-state index is 0.158. The zero-order chi connectivity index (χ0) is 12.9. The molecule has 1 aromatic rings. The van der Waals surface area contributed by atoms with E-state index in [9.17, 15) is 5.11 Å². The van der Waals surface area contributed by atoms with E-state index in [0.29, 0.717) is 0 Å². The number of benzene rings is 1. The predicted molar refractivity (Wildman–Crippen MR) is 74.4 cm³/mol. The predicted octanol–water partition coefficient (Wildman–Crippen LogP) is 3.06. The molecule has 2 aliphatic heterocycles. The van der Waals surface area contributed by atoms with Crippen molar-refractivity contribution >= 4 is 23.3 Å². The molecule has 92 valence electrons. The number of aliphatic imine (C=N–C) groups is 2. The summed E-state index contributed by atoms with van der Waals surface area (Å²) in [5, 5.41) is 10.5. The summed E-state index contributed by atoms with van der Waals surface area (Å²) in [5.74, 6) is 0.942. The first kappa shape index (κ1) is 11.4. The van der Waals surface area contributed by atoms with Crippen molar-refractivity contribution in [3.63, 3.8) is 0 Å². The van der Waals surface area contributed by atoms with Gasteiger partial charge in [-0.1, -0.05) is 19.9 Å². The first-order valence-electron chi connectivity index (χ1n) is 6.21. The maximum absolute atomic E-state index is 10.5. The Hall–Kier alpha value is -1.74. The van der Waals surface area contributed by atoms with Gasteiger partial charge in [0.05, 0.1) is 11.3 Å². The van der Waals surface area contributed by atoms with Crippen LogP contribution in [-0.2, 0) is 5.60 Å². The first-order chi connectivity index (χ1) is 8.50. The molecule has 0 spiro atoms. The number of hydrogen-bond donors (Lipinski definition) is 1. The van der Waals surface area contributed by atoms with Gasteiger partial charge in [-0.05, 0) is 36.6 Å². The molecule has 0 saturated heterocycles. The lowest BCUT2D eigenvalue weighted by Crippen LogP contribution is -2.27. The van der Waals surface area contributed by atoms with Gasteiger partial charge in [-0.25, -0.2) is 9.98 Å². The Balaban J connectivity index is 2.08. The molecule has 3 rings (SSSR count). The minimum atomic E-state index is -0.822. The monoisotopic (exact) mass is 240 g/mol. The average Bonchev–Trinajstić information content (AvgIpc) is 2.87. The summed E-state index contributed by atoms with van der Waals surface area (Å²) >= 11 is 0. The molecule has 3 nitrogen and oxygen atoms in total. The normalized spacial score (nSPS) is 19.4. The molecule has 1 unspecified atom stereocenters. The quantitative estimate of drug-likeness (QED) is 0.848. The van der Waals surface area contributed by atoms with Crippen LogP contribution in [0.3, 0.4) is 0 Å². The van der Waals surface area contributed by atoms with Crippen LogP contribution in [0, 0.1) is 5.92 Å². The van der Waals surface area contributed by atoms with Crippen molar-refractivity contribution in [3.05, 3.63) is 35.4 Å². The third-order valence-electron chi connectivity index (χ3n) is 3.90. The van der Waals surface area contributed by atoms with Gasteiger partial charge in [0.1, 0.15) is 0 Å². The van der Waals surface area contributed by atoms with Crippen molar-refractivity contribution in [1.82, 2.24) is 0 Å². The highest BCUT2D eigenvalue weighted by Gasteiger charge is 2.30. The third-order valence-corrected chi connectivity index (χ3v) is 3.90. The number of aliphatic hydroxyl groups is 1. The summed E-state index contributed by atoms with van der Waals surface area (Å²) in [6, 6.07) is 5.95. The molecule has 1 atom stereocenters. The molecular weight excluding hydrogens is 224 g/mol. The largest absolute Gasteiger partial charge is 0.385 e. The highest BCUT2D eigenvalue weighted by atomic mass is 16.3. The van der Waals surface area contributed by atoms with Gasteiger partial charge in [0.25, 0.3) is 0 Å². The van der Waals surface area contributed by atoms with E-state index in [1.807, 2.05) is 45.0 Å². The van der Waals surface area contributed by atoms with Crippen LogP contribution in [0.15, 0.2) is 34.3 Å². The molecular formula is C15H16N2O. The number of amidine groups is 1. The van der Waals surface area contributed by atoms with Crippen LogP contribution in [-0.4, -0.2) is 17.2 Å². The highest BCUT2D eigenvalue weighted by molar-refractivity contribution is 6.35. The van der Waals surface area contributed by atoms with Crippen molar-refractivity contribution in [1.29, 1.82) is 0 Å². The van der Waals surface area contributed by atoms with Gasteiger partial charge >= 0.3 is 0 Å². The van der Waals surface area contributed by atoms with Gasteiger partial charge in [-0.3, -0.25) is 0 Å². The van der Waals surface area contributed by atoms with Crippen molar-refractivity contribution in [2.75, 3.05) is 0 Å². The topological polar surface area (TPSA) is 45.0 Å². The Labute approximate surface area is 107 Å².